The summed E-state index contributed by atoms with van der Waals surface area (Å²) in [5.74, 6) is -5.23. The maximum Gasteiger partial charge on any atom is 0.315 e. The van der Waals surface area contributed by atoms with Gasteiger partial charge in [0.25, 0.3) is 10.0 Å². The van der Waals surface area contributed by atoms with Gasteiger partial charge in [0.1, 0.15) is 11.7 Å². The van der Waals surface area contributed by atoms with Gasteiger partial charge in [-0.3, -0.25) is 14.4 Å². The molecule has 2 atom stereocenters. The van der Waals surface area contributed by atoms with E-state index in [1.807, 2.05) is 12.1 Å². The van der Waals surface area contributed by atoms with Crippen molar-refractivity contribution in [2.24, 2.45) is 17.8 Å². The Morgan fingerprint density at radius 1 is 0.925 bits per heavy atom. The molecule has 3 aromatic carbocycles. The zero-order valence-electron chi connectivity index (χ0n) is 22.7. The first-order valence-electron chi connectivity index (χ1n) is 13.6. The Labute approximate surface area is 234 Å². The van der Waals surface area contributed by atoms with Gasteiger partial charge in [0.15, 0.2) is 0 Å². The first kappa shape index (κ1) is 29.2. The highest BCUT2D eigenvalue weighted by Crippen LogP contribution is 2.32. The van der Waals surface area contributed by atoms with E-state index in [0.29, 0.717) is 44.4 Å². The van der Waals surface area contributed by atoms with Gasteiger partial charge in [-0.05, 0) is 80.7 Å². The number of para-hydroxylation sites is 1. The molecule has 2 N–H and O–H groups in total. The highest BCUT2D eigenvalue weighted by atomic mass is 32.2. The number of benzene rings is 3. The van der Waals surface area contributed by atoms with E-state index < -0.39 is 39.6 Å². The molecule has 4 rings (SSSR count). The van der Waals surface area contributed by atoms with Crippen LogP contribution in [0.3, 0.4) is 0 Å². The van der Waals surface area contributed by atoms with Gasteiger partial charge in [-0.15, -0.1) is 0 Å². The molecule has 0 saturated carbocycles. The van der Waals surface area contributed by atoms with Gasteiger partial charge < -0.3 is 15.0 Å². The van der Waals surface area contributed by atoms with Crippen LogP contribution >= 0.6 is 0 Å². The Morgan fingerprint density at radius 3 is 2.20 bits per heavy atom. The second kappa shape index (κ2) is 13.1. The molecule has 40 heavy (non-hydrogen) atoms. The number of hydrogen-bond donors (Lipinski definition) is 2. The van der Waals surface area contributed by atoms with E-state index in [4.69, 9.17) is 4.74 Å². The quantitative estimate of drug-likeness (QED) is 0.220. The van der Waals surface area contributed by atoms with Crippen molar-refractivity contribution in [2.75, 3.05) is 26.2 Å². The Hall–Kier alpha value is -3.76. The highest BCUT2D eigenvalue weighted by molar-refractivity contribution is 7.90. The lowest BCUT2D eigenvalue weighted by Crippen LogP contribution is -2.53. The molecule has 1 fully saturated rings. The highest BCUT2D eigenvalue weighted by Gasteiger charge is 2.47. The zero-order chi connectivity index (χ0) is 28.7. The fourth-order valence-electron chi connectivity index (χ4n) is 5.23. The molecule has 10 heteroatoms. The van der Waals surface area contributed by atoms with Crippen LogP contribution < -0.4 is 14.8 Å². The molecular formula is C30H35N3O6S. The molecule has 0 aromatic heterocycles. The van der Waals surface area contributed by atoms with Crippen molar-refractivity contribution in [3.8, 4) is 5.75 Å². The summed E-state index contributed by atoms with van der Waals surface area (Å²) in [5.41, 5.74) is 0. The molecule has 1 saturated heterocycles. The second-order valence-electron chi connectivity index (χ2n) is 9.81. The normalized spacial score (nSPS) is 15.7. The van der Waals surface area contributed by atoms with Crippen molar-refractivity contribution in [1.82, 2.24) is 14.9 Å². The third-order valence-electron chi connectivity index (χ3n) is 7.37. The van der Waals surface area contributed by atoms with Gasteiger partial charge in [0.05, 0.1) is 10.8 Å². The van der Waals surface area contributed by atoms with Crippen LogP contribution in [0.25, 0.3) is 10.8 Å². The lowest BCUT2D eigenvalue weighted by atomic mass is 9.75. The largest absolute Gasteiger partial charge is 0.426 e. The number of hydrogen-bond acceptors (Lipinski definition) is 7. The molecular weight excluding hydrogens is 530 g/mol. The average Bonchev–Trinajstić information content (AvgIpc) is 2.96. The number of nitrogens with one attached hydrogen (secondary N) is 2. The summed E-state index contributed by atoms with van der Waals surface area (Å²) in [7, 11) is -4.35. The number of piperidine rings is 1. The summed E-state index contributed by atoms with van der Waals surface area (Å²) in [5, 5.41) is 4.76. The molecule has 3 aromatic rings. The third kappa shape index (κ3) is 6.68. The van der Waals surface area contributed by atoms with Crippen molar-refractivity contribution in [3.05, 3.63) is 72.8 Å². The molecule has 0 bridgehead atoms. The molecule has 0 spiro atoms. The van der Waals surface area contributed by atoms with E-state index in [1.165, 1.54) is 17.0 Å². The van der Waals surface area contributed by atoms with Crippen LogP contribution in [-0.4, -0.2) is 57.3 Å². The summed E-state index contributed by atoms with van der Waals surface area (Å²) in [4.78, 5) is 42.7. The first-order chi connectivity index (χ1) is 19.2. The summed E-state index contributed by atoms with van der Waals surface area (Å²) < 4.78 is 34.6. The topological polar surface area (TPSA) is 122 Å². The fraction of sp³-hybridized carbons (Fsp3) is 0.367. The maximum absolute atomic E-state index is 13.9. The minimum Gasteiger partial charge on any atom is -0.426 e. The third-order valence-corrected chi connectivity index (χ3v) is 8.72. The van der Waals surface area contributed by atoms with E-state index in [2.05, 4.69) is 10.0 Å². The lowest BCUT2D eigenvalue weighted by Gasteiger charge is -2.35. The molecule has 9 nitrogen and oxygen atoms in total. The van der Waals surface area contributed by atoms with Crippen molar-refractivity contribution in [2.45, 2.75) is 31.6 Å². The van der Waals surface area contributed by atoms with Crippen LogP contribution in [0.5, 0.6) is 5.75 Å². The zero-order valence-corrected chi connectivity index (χ0v) is 23.5. The summed E-state index contributed by atoms with van der Waals surface area (Å²) in [6.07, 6.45) is 1.06. The predicted molar refractivity (Wildman–Crippen MR) is 152 cm³/mol. The molecule has 2 amide bonds. The van der Waals surface area contributed by atoms with Crippen LogP contribution in [0.15, 0.2) is 77.7 Å². The lowest BCUT2D eigenvalue weighted by molar-refractivity contribution is -0.156. The summed E-state index contributed by atoms with van der Waals surface area (Å²) in [6, 6.07) is 20.2. The molecule has 1 aliphatic rings. The number of fused-ring (bicyclic) bond motifs is 1. The van der Waals surface area contributed by atoms with Crippen LogP contribution in [0.2, 0.25) is 0 Å². The first-order valence-corrected chi connectivity index (χ1v) is 15.0. The average molecular weight is 566 g/mol. The molecule has 1 aliphatic heterocycles. The monoisotopic (exact) mass is 565 g/mol. The van der Waals surface area contributed by atoms with Gasteiger partial charge in [0, 0.05) is 13.1 Å². The SMILES string of the molecule is CCN(CC)C(=O)C(C(=O)NS(=O)(=O)c1ccc2ccccc2c1)C(C(=O)Oc1ccccc1)C1CCNCC1. The smallest absolute Gasteiger partial charge is 0.315 e. The van der Waals surface area contributed by atoms with Crippen molar-refractivity contribution in [3.63, 3.8) is 0 Å². The fourth-order valence-corrected chi connectivity index (χ4v) is 6.27. The summed E-state index contributed by atoms with van der Waals surface area (Å²) >= 11 is 0. The number of rotatable bonds is 10. The number of amides is 2. The van der Waals surface area contributed by atoms with Crippen LogP contribution in [-0.2, 0) is 24.4 Å². The van der Waals surface area contributed by atoms with Gasteiger partial charge >= 0.3 is 5.97 Å². The Balaban J connectivity index is 1.72. The predicted octanol–water partition coefficient (Wildman–Crippen LogP) is 3.35. The van der Waals surface area contributed by atoms with E-state index in [9.17, 15) is 22.8 Å². The van der Waals surface area contributed by atoms with Gasteiger partial charge in [-0.1, -0.05) is 48.5 Å². The number of carbonyl (C=O) groups is 3. The Bertz CT molecular complexity index is 1450. The van der Waals surface area contributed by atoms with Crippen LogP contribution in [0.1, 0.15) is 26.7 Å². The van der Waals surface area contributed by atoms with Crippen molar-refractivity contribution in [1.29, 1.82) is 0 Å². The number of sulfonamides is 1. The van der Waals surface area contributed by atoms with E-state index >= 15 is 0 Å². The molecule has 2 unspecified atom stereocenters. The number of nitrogens with zero attached hydrogens (tertiary/aromatic N) is 1. The number of esters is 1. The van der Waals surface area contributed by atoms with Gasteiger partial charge in [-0.25, -0.2) is 13.1 Å². The minimum absolute atomic E-state index is 0.112. The Kier molecular flexibility index (Phi) is 9.54. The van der Waals surface area contributed by atoms with E-state index in [0.717, 1.165) is 5.39 Å². The van der Waals surface area contributed by atoms with Crippen LogP contribution in [0, 0.1) is 17.8 Å². The molecule has 0 radical (unpaired) electrons. The maximum atomic E-state index is 13.9. The van der Waals surface area contributed by atoms with Crippen molar-refractivity contribution < 1.29 is 27.5 Å². The molecule has 0 aliphatic carbocycles. The van der Waals surface area contributed by atoms with Crippen molar-refractivity contribution >= 4 is 38.6 Å². The Morgan fingerprint density at radius 2 is 1.55 bits per heavy atom. The molecule has 1 heterocycles. The summed E-state index contributed by atoms with van der Waals surface area (Å²) in [6.45, 7) is 5.33. The second-order valence-corrected chi connectivity index (χ2v) is 11.5. The van der Waals surface area contributed by atoms with Gasteiger partial charge in [-0.2, -0.15) is 0 Å². The molecule has 212 valence electrons. The van der Waals surface area contributed by atoms with Crippen LogP contribution in [0.4, 0.5) is 0 Å². The standard InChI is InChI=1S/C30H35N3O6S/c1-3-33(4-2)29(35)27(26(22-16-18-31-19-17-22)30(36)39-24-12-6-5-7-13-24)28(34)32-40(37,38)25-15-14-21-10-8-9-11-23(21)20-25/h5-15,20,22,26-27,31H,3-4,16-19H2,1-2H3,(H,32,34). The van der Waals surface area contributed by atoms with Gasteiger partial charge in [0.2, 0.25) is 11.8 Å². The van der Waals surface area contributed by atoms with E-state index in [1.54, 1.807) is 62.4 Å². The number of ether oxygens (including phenoxy) is 1. The minimum atomic E-state index is -4.35. The van der Waals surface area contributed by atoms with E-state index in [-0.39, 0.29) is 16.6 Å². The number of carbonyl (C=O) groups excluding carboxylic acids is 3.